The summed E-state index contributed by atoms with van der Waals surface area (Å²) in [5, 5.41) is 0.592. The molecule has 0 saturated heterocycles. The molecule has 3 nitrogen and oxygen atoms in total. The molecule has 0 aliphatic rings. The Hall–Kier alpha value is -1.62. The molecular formula is C15H15BrFNO2. The molecule has 0 unspecified atom stereocenters. The highest BCUT2D eigenvalue weighted by molar-refractivity contribution is 9.08. The van der Waals surface area contributed by atoms with Gasteiger partial charge in [-0.1, -0.05) is 15.9 Å². The van der Waals surface area contributed by atoms with Crippen molar-refractivity contribution in [3.8, 4) is 11.5 Å². The van der Waals surface area contributed by atoms with Crippen LogP contribution in [0.5, 0.6) is 11.5 Å². The van der Waals surface area contributed by atoms with Crippen LogP contribution < -0.4 is 9.47 Å². The highest BCUT2D eigenvalue weighted by Crippen LogP contribution is 2.22. The fraction of sp³-hybridized carbons (Fsp3) is 0.267. The van der Waals surface area contributed by atoms with Gasteiger partial charge >= 0.3 is 0 Å². The van der Waals surface area contributed by atoms with Crippen LogP contribution in [0.25, 0.3) is 0 Å². The van der Waals surface area contributed by atoms with E-state index in [1.54, 1.807) is 12.1 Å². The summed E-state index contributed by atoms with van der Waals surface area (Å²) in [5.74, 6) is 0.803. The number of hydrogen-bond donors (Lipinski definition) is 0. The number of aromatic nitrogens is 1. The minimum Gasteiger partial charge on any atom is -0.497 e. The van der Waals surface area contributed by atoms with Crippen LogP contribution in [-0.4, -0.2) is 12.1 Å². The van der Waals surface area contributed by atoms with E-state index in [4.69, 9.17) is 9.47 Å². The van der Waals surface area contributed by atoms with Gasteiger partial charge in [0.05, 0.1) is 12.8 Å². The third-order valence-corrected chi connectivity index (χ3v) is 3.37. The predicted molar refractivity (Wildman–Crippen MR) is 78.9 cm³/mol. The number of alkyl halides is 1. The van der Waals surface area contributed by atoms with E-state index in [9.17, 15) is 4.39 Å². The fourth-order valence-corrected chi connectivity index (χ4v) is 2.15. The van der Waals surface area contributed by atoms with E-state index in [-0.39, 0.29) is 12.4 Å². The molecule has 0 bridgehead atoms. The summed E-state index contributed by atoms with van der Waals surface area (Å²) in [5.41, 5.74) is 2.20. The molecule has 2 aromatic rings. The van der Waals surface area contributed by atoms with Gasteiger partial charge in [0.1, 0.15) is 23.9 Å². The molecule has 0 fully saturated rings. The first-order valence-electron chi connectivity index (χ1n) is 6.11. The zero-order valence-corrected chi connectivity index (χ0v) is 12.9. The van der Waals surface area contributed by atoms with Crippen LogP contribution in [-0.2, 0) is 11.9 Å². The van der Waals surface area contributed by atoms with Crippen molar-refractivity contribution in [2.45, 2.75) is 18.9 Å². The largest absolute Gasteiger partial charge is 0.497 e. The maximum atomic E-state index is 13.8. The average molecular weight is 340 g/mol. The maximum absolute atomic E-state index is 13.8. The Kier molecular flexibility index (Phi) is 4.95. The summed E-state index contributed by atoms with van der Waals surface area (Å²) in [6.07, 6.45) is 0. The lowest BCUT2D eigenvalue weighted by atomic mass is 10.2. The lowest BCUT2D eigenvalue weighted by Crippen LogP contribution is -2.02. The first-order valence-corrected chi connectivity index (χ1v) is 7.24. The number of aryl methyl sites for hydroxylation is 1. The molecular weight excluding hydrogens is 325 g/mol. The number of pyridine rings is 1. The van der Waals surface area contributed by atoms with Crippen molar-refractivity contribution in [2.24, 2.45) is 0 Å². The quantitative estimate of drug-likeness (QED) is 0.771. The van der Waals surface area contributed by atoms with Gasteiger partial charge in [0.15, 0.2) is 0 Å². The molecule has 0 spiro atoms. The van der Waals surface area contributed by atoms with Crippen LogP contribution in [0.3, 0.4) is 0 Å². The molecule has 5 heteroatoms. The fourth-order valence-electron chi connectivity index (χ4n) is 1.75. The van der Waals surface area contributed by atoms with Gasteiger partial charge in [-0.25, -0.2) is 4.39 Å². The standard InChI is InChI=1S/C15H15BrFNO2/c1-10-3-6-15(14(8-16)18-10)20-9-11-4-5-12(19-2)7-13(11)17/h3-7H,8-9H2,1-2H3. The monoisotopic (exact) mass is 339 g/mol. The van der Waals surface area contributed by atoms with E-state index in [1.165, 1.54) is 13.2 Å². The van der Waals surface area contributed by atoms with Crippen molar-refractivity contribution in [2.75, 3.05) is 7.11 Å². The summed E-state index contributed by atoms with van der Waals surface area (Å²) >= 11 is 3.37. The average Bonchev–Trinajstić information content (AvgIpc) is 2.46. The highest BCUT2D eigenvalue weighted by Gasteiger charge is 2.08. The van der Waals surface area contributed by atoms with Crippen LogP contribution in [0, 0.1) is 12.7 Å². The van der Waals surface area contributed by atoms with E-state index in [0.29, 0.717) is 22.4 Å². The zero-order chi connectivity index (χ0) is 14.5. The zero-order valence-electron chi connectivity index (χ0n) is 11.3. The molecule has 0 N–H and O–H groups in total. The summed E-state index contributed by atoms with van der Waals surface area (Å²) in [6, 6.07) is 8.42. The van der Waals surface area contributed by atoms with Crippen molar-refractivity contribution in [1.82, 2.24) is 4.98 Å². The normalized spacial score (nSPS) is 10.4. The molecule has 0 aliphatic carbocycles. The van der Waals surface area contributed by atoms with Crippen LogP contribution in [0.15, 0.2) is 30.3 Å². The first kappa shape index (κ1) is 14.8. The molecule has 20 heavy (non-hydrogen) atoms. The first-order chi connectivity index (χ1) is 9.63. The Balaban J connectivity index is 2.12. The summed E-state index contributed by atoms with van der Waals surface area (Å²) in [4.78, 5) is 4.37. The smallest absolute Gasteiger partial charge is 0.142 e. The molecule has 1 heterocycles. The Bertz CT molecular complexity index is 604. The van der Waals surface area contributed by atoms with Crippen molar-refractivity contribution >= 4 is 15.9 Å². The summed E-state index contributed by atoms with van der Waals surface area (Å²) in [7, 11) is 1.51. The Morgan fingerprint density at radius 1 is 1.25 bits per heavy atom. The second-order valence-electron chi connectivity index (χ2n) is 4.28. The molecule has 2 rings (SSSR count). The van der Waals surface area contributed by atoms with Crippen molar-refractivity contribution in [3.63, 3.8) is 0 Å². The van der Waals surface area contributed by atoms with E-state index in [1.807, 2.05) is 19.1 Å². The van der Waals surface area contributed by atoms with Gasteiger partial charge in [-0.2, -0.15) is 0 Å². The Morgan fingerprint density at radius 3 is 2.70 bits per heavy atom. The van der Waals surface area contributed by atoms with Gasteiger partial charge in [0.2, 0.25) is 0 Å². The number of nitrogens with zero attached hydrogens (tertiary/aromatic N) is 1. The third-order valence-electron chi connectivity index (χ3n) is 2.84. The molecule has 0 atom stereocenters. The van der Waals surface area contributed by atoms with E-state index >= 15 is 0 Å². The van der Waals surface area contributed by atoms with Crippen molar-refractivity contribution in [3.05, 3.63) is 53.1 Å². The summed E-state index contributed by atoms with van der Waals surface area (Å²) < 4.78 is 24.4. The van der Waals surface area contributed by atoms with Gasteiger partial charge in [-0.15, -0.1) is 0 Å². The lowest BCUT2D eigenvalue weighted by molar-refractivity contribution is 0.295. The second kappa shape index (κ2) is 6.70. The molecule has 1 aromatic carbocycles. The number of methoxy groups -OCH3 is 1. The molecule has 0 aliphatic heterocycles. The minimum atomic E-state index is -0.343. The van der Waals surface area contributed by atoms with Crippen LogP contribution in [0.4, 0.5) is 4.39 Å². The number of hydrogen-bond acceptors (Lipinski definition) is 3. The van der Waals surface area contributed by atoms with Gasteiger partial charge in [0.25, 0.3) is 0 Å². The van der Waals surface area contributed by atoms with Gasteiger partial charge < -0.3 is 9.47 Å². The molecule has 0 radical (unpaired) electrons. The molecule has 0 amide bonds. The Morgan fingerprint density at radius 2 is 2.05 bits per heavy atom. The Labute approximate surface area is 125 Å². The second-order valence-corrected chi connectivity index (χ2v) is 4.84. The van der Waals surface area contributed by atoms with E-state index in [0.717, 1.165) is 11.4 Å². The molecule has 1 aromatic heterocycles. The topological polar surface area (TPSA) is 31.4 Å². The highest BCUT2D eigenvalue weighted by atomic mass is 79.9. The number of rotatable bonds is 5. The third kappa shape index (κ3) is 3.48. The number of halogens is 2. The predicted octanol–water partition coefficient (Wildman–Crippen LogP) is 4.01. The van der Waals surface area contributed by atoms with Crippen LogP contribution in [0.2, 0.25) is 0 Å². The molecule has 0 saturated carbocycles. The lowest BCUT2D eigenvalue weighted by Gasteiger charge is -2.11. The van der Waals surface area contributed by atoms with Gasteiger partial charge in [-0.05, 0) is 31.2 Å². The van der Waals surface area contributed by atoms with Gasteiger partial charge in [0, 0.05) is 22.7 Å². The van der Waals surface area contributed by atoms with E-state index < -0.39 is 0 Å². The SMILES string of the molecule is COc1ccc(COc2ccc(C)nc2CBr)c(F)c1. The van der Waals surface area contributed by atoms with Crippen molar-refractivity contribution < 1.29 is 13.9 Å². The summed E-state index contributed by atoms with van der Waals surface area (Å²) in [6.45, 7) is 2.07. The number of ether oxygens (including phenoxy) is 2. The van der Waals surface area contributed by atoms with Crippen LogP contribution >= 0.6 is 15.9 Å². The van der Waals surface area contributed by atoms with Crippen molar-refractivity contribution in [1.29, 1.82) is 0 Å². The maximum Gasteiger partial charge on any atom is 0.142 e. The van der Waals surface area contributed by atoms with Crippen LogP contribution in [0.1, 0.15) is 17.0 Å². The van der Waals surface area contributed by atoms with E-state index in [2.05, 4.69) is 20.9 Å². The minimum absolute atomic E-state index is 0.153. The molecule has 106 valence electrons. The van der Waals surface area contributed by atoms with Gasteiger partial charge in [-0.3, -0.25) is 4.98 Å². The number of benzene rings is 1.